The summed E-state index contributed by atoms with van der Waals surface area (Å²) in [6, 6.07) is 12.6. The molecular formula is C24H25F3N4OS. The lowest BCUT2D eigenvalue weighted by Gasteiger charge is -2.28. The second-order valence-corrected chi connectivity index (χ2v) is 8.46. The summed E-state index contributed by atoms with van der Waals surface area (Å²) in [6.45, 7) is 4.16. The highest BCUT2D eigenvalue weighted by Gasteiger charge is 2.41. The van der Waals surface area contributed by atoms with Gasteiger partial charge < -0.3 is 19.9 Å². The number of hydrogen-bond acceptors (Lipinski definition) is 3. The second kappa shape index (κ2) is 9.15. The van der Waals surface area contributed by atoms with Crippen molar-refractivity contribution in [2.75, 3.05) is 13.2 Å². The van der Waals surface area contributed by atoms with Gasteiger partial charge in [0, 0.05) is 30.7 Å². The molecule has 174 valence electrons. The Balaban J connectivity index is 1.86. The van der Waals surface area contributed by atoms with Crippen LogP contribution in [0.25, 0.3) is 5.69 Å². The van der Waals surface area contributed by atoms with Gasteiger partial charge in [-0.2, -0.15) is 13.2 Å². The Morgan fingerprint density at radius 2 is 1.85 bits per heavy atom. The number of alkyl halides is 3. The van der Waals surface area contributed by atoms with Crippen LogP contribution in [0.5, 0.6) is 0 Å². The summed E-state index contributed by atoms with van der Waals surface area (Å²) in [4.78, 5) is 6.49. The summed E-state index contributed by atoms with van der Waals surface area (Å²) < 4.78 is 42.9. The Bertz CT molecular complexity index is 1150. The van der Waals surface area contributed by atoms with Crippen LogP contribution >= 0.6 is 12.2 Å². The molecule has 0 amide bonds. The summed E-state index contributed by atoms with van der Waals surface area (Å²) in [5.74, 6) is 0. The highest BCUT2D eigenvalue weighted by Crippen LogP contribution is 2.42. The summed E-state index contributed by atoms with van der Waals surface area (Å²) in [6.07, 6.45) is -2.25. The van der Waals surface area contributed by atoms with E-state index in [1.54, 1.807) is 23.8 Å². The number of aryl methyl sites for hydroxylation is 1. The number of rotatable bonds is 6. The fourth-order valence-electron chi connectivity index (χ4n) is 4.59. The minimum atomic E-state index is -4.47. The monoisotopic (exact) mass is 474 g/mol. The lowest BCUT2D eigenvalue weighted by molar-refractivity contribution is -0.137. The maximum atomic E-state index is 13.8. The molecule has 2 atom stereocenters. The van der Waals surface area contributed by atoms with Crippen LogP contribution in [0.2, 0.25) is 0 Å². The van der Waals surface area contributed by atoms with Crippen LogP contribution in [0, 0.1) is 13.8 Å². The van der Waals surface area contributed by atoms with E-state index >= 15 is 0 Å². The van der Waals surface area contributed by atoms with Crippen molar-refractivity contribution in [1.29, 1.82) is 0 Å². The van der Waals surface area contributed by atoms with Crippen molar-refractivity contribution >= 4 is 17.3 Å². The third-order valence-electron chi connectivity index (χ3n) is 5.99. The number of nitrogens with one attached hydrogen (secondary N) is 1. The van der Waals surface area contributed by atoms with Gasteiger partial charge in [0.2, 0.25) is 0 Å². The topological polar surface area (TPSA) is 53.3 Å². The minimum absolute atomic E-state index is 0.0120. The van der Waals surface area contributed by atoms with E-state index in [0.29, 0.717) is 29.5 Å². The molecule has 0 radical (unpaired) electrons. The smallest absolute Gasteiger partial charge is 0.396 e. The van der Waals surface area contributed by atoms with Crippen molar-refractivity contribution in [1.82, 2.24) is 19.8 Å². The predicted octanol–water partition coefficient (Wildman–Crippen LogP) is 4.86. The van der Waals surface area contributed by atoms with Gasteiger partial charge in [-0.1, -0.05) is 18.2 Å². The highest BCUT2D eigenvalue weighted by molar-refractivity contribution is 7.80. The van der Waals surface area contributed by atoms with Crippen molar-refractivity contribution in [3.05, 3.63) is 82.9 Å². The summed E-state index contributed by atoms with van der Waals surface area (Å²) in [7, 11) is 0. The predicted molar refractivity (Wildman–Crippen MR) is 124 cm³/mol. The number of hydrogen-bond donors (Lipinski definition) is 2. The Kier molecular flexibility index (Phi) is 6.45. The molecule has 4 rings (SSSR count). The molecule has 9 heteroatoms. The number of pyridine rings is 1. The molecule has 3 heterocycles. The molecule has 1 aromatic carbocycles. The average molecular weight is 475 g/mol. The molecule has 1 aliphatic heterocycles. The van der Waals surface area contributed by atoms with E-state index in [4.69, 9.17) is 12.2 Å². The summed E-state index contributed by atoms with van der Waals surface area (Å²) in [5.41, 5.74) is 2.46. The van der Waals surface area contributed by atoms with Gasteiger partial charge in [0.15, 0.2) is 5.11 Å². The van der Waals surface area contributed by atoms with E-state index < -0.39 is 11.7 Å². The number of aromatic nitrogens is 2. The summed E-state index contributed by atoms with van der Waals surface area (Å²) in [5, 5.41) is 13.3. The van der Waals surface area contributed by atoms with Crippen molar-refractivity contribution in [2.45, 2.75) is 38.5 Å². The van der Waals surface area contributed by atoms with Crippen LogP contribution in [-0.4, -0.2) is 37.8 Å². The number of halogens is 3. The first-order valence-electron chi connectivity index (χ1n) is 10.7. The van der Waals surface area contributed by atoms with Crippen LogP contribution in [0.3, 0.4) is 0 Å². The van der Waals surface area contributed by atoms with Gasteiger partial charge in [-0.3, -0.25) is 4.98 Å². The lowest BCUT2D eigenvalue weighted by Crippen LogP contribution is -2.31. The van der Waals surface area contributed by atoms with Gasteiger partial charge in [0.1, 0.15) is 0 Å². The maximum Gasteiger partial charge on any atom is 0.418 e. The van der Waals surface area contributed by atoms with Crippen molar-refractivity contribution in [3.63, 3.8) is 0 Å². The molecule has 0 unspecified atom stereocenters. The zero-order valence-corrected chi connectivity index (χ0v) is 19.1. The molecule has 1 fully saturated rings. The summed E-state index contributed by atoms with van der Waals surface area (Å²) >= 11 is 5.60. The normalized spacial score (nSPS) is 18.6. The SMILES string of the molecule is Cc1cc([C@@H]2[C@H](c3ccccn3)NC(=S)N2CCCO)c(C)n1-c1ccccc1C(F)(F)F. The molecule has 3 aromatic rings. The van der Waals surface area contributed by atoms with Crippen molar-refractivity contribution in [2.24, 2.45) is 0 Å². The van der Waals surface area contributed by atoms with Gasteiger partial charge in [-0.15, -0.1) is 0 Å². The molecule has 0 saturated carbocycles. The van der Waals surface area contributed by atoms with Crippen molar-refractivity contribution < 1.29 is 18.3 Å². The molecule has 0 bridgehead atoms. The maximum absolute atomic E-state index is 13.8. The van der Waals surface area contributed by atoms with Crippen molar-refractivity contribution in [3.8, 4) is 5.69 Å². The third kappa shape index (κ3) is 4.35. The number of aliphatic hydroxyl groups is 1. The van der Waals surface area contributed by atoms with E-state index in [0.717, 1.165) is 17.3 Å². The number of thiocarbonyl (C=S) groups is 1. The average Bonchev–Trinajstić information content (AvgIpc) is 3.27. The van der Waals surface area contributed by atoms with Gasteiger partial charge in [-0.25, -0.2) is 0 Å². The minimum Gasteiger partial charge on any atom is -0.396 e. The van der Waals surface area contributed by atoms with Gasteiger partial charge in [0.25, 0.3) is 0 Å². The van der Waals surface area contributed by atoms with Crippen LogP contribution < -0.4 is 5.32 Å². The standard InChI is InChI=1S/C24H25F3N4OS/c1-15-14-17(16(2)31(15)20-10-4-3-8-18(20)24(25,26)27)22-21(19-9-5-6-11-28-19)29-23(33)30(22)12-7-13-32/h3-6,8-11,14,21-22,32H,7,12-13H2,1-2H3,(H,29,33)/t21-,22+/m0/s1. The van der Waals surface area contributed by atoms with Crippen LogP contribution in [0.1, 0.15) is 46.7 Å². The van der Waals surface area contributed by atoms with Crippen LogP contribution in [0.15, 0.2) is 54.7 Å². The first-order chi connectivity index (χ1) is 15.7. The van der Waals surface area contributed by atoms with E-state index in [2.05, 4.69) is 10.3 Å². The second-order valence-electron chi connectivity index (χ2n) is 8.07. The van der Waals surface area contributed by atoms with E-state index in [1.807, 2.05) is 36.1 Å². The largest absolute Gasteiger partial charge is 0.418 e. The number of aliphatic hydroxyl groups excluding tert-OH is 1. The number of benzene rings is 1. The Morgan fingerprint density at radius 1 is 1.12 bits per heavy atom. The lowest BCUT2D eigenvalue weighted by atomic mass is 9.96. The fraction of sp³-hybridized carbons (Fsp3) is 0.333. The Morgan fingerprint density at radius 3 is 2.52 bits per heavy atom. The van der Waals surface area contributed by atoms with E-state index in [9.17, 15) is 18.3 Å². The van der Waals surface area contributed by atoms with Crippen LogP contribution in [0.4, 0.5) is 13.2 Å². The van der Waals surface area contributed by atoms with E-state index in [1.165, 1.54) is 12.1 Å². The molecule has 1 aliphatic rings. The van der Waals surface area contributed by atoms with Gasteiger partial charge in [-0.05, 0) is 68.4 Å². The fourth-order valence-corrected chi connectivity index (χ4v) is 4.92. The molecule has 33 heavy (non-hydrogen) atoms. The quantitative estimate of drug-likeness (QED) is 0.500. The molecule has 2 N–H and O–H groups in total. The molecule has 2 aromatic heterocycles. The van der Waals surface area contributed by atoms with Crippen LogP contribution in [-0.2, 0) is 6.18 Å². The van der Waals surface area contributed by atoms with Gasteiger partial charge >= 0.3 is 6.18 Å². The molecule has 0 aliphatic carbocycles. The number of para-hydroxylation sites is 1. The molecule has 0 spiro atoms. The van der Waals surface area contributed by atoms with E-state index in [-0.39, 0.29) is 24.4 Å². The number of nitrogens with zero attached hydrogens (tertiary/aromatic N) is 3. The molecule has 5 nitrogen and oxygen atoms in total. The third-order valence-corrected chi connectivity index (χ3v) is 6.35. The zero-order valence-electron chi connectivity index (χ0n) is 18.3. The first-order valence-corrected chi connectivity index (χ1v) is 11.1. The molecular weight excluding hydrogens is 449 g/mol. The Hall–Kier alpha value is -2.91. The first kappa shape index (κ1) is 23.3. The zero-order chi connectivity index (χ0) is 23.8. The highest BCUT2D eigenvalue weighted by atomic mass is 32.1. The Labute approximate surface area is 195 Å². The van der Waals surface area contributed by atoms with Gasteiger partial charge in [0.05, 0.1) is 29.0 Å². The molecule has 1 saturated heterocycles.